The number of phenols is 1. The zero-order chi connectivity index (χ0) is 14.5. The van der Waals surface area contributed by atoms with Crippen LogP contribution >= 0.6 is 0 Å². The van der Waals surface area contributed by atoms with Crippen molar-refractivity contribution >= 4 is 17.6 Å². The van der Waals surface area contributed by atoms with Gasteiger partial charge in [-0.3, -0.25) is 9.59 Å². The molecule has 2 aromatic carbocycles. The molecule has 0 heterocycles. The molecule has 0 bridgehead atoms. The van der Waals surface area contributed by atoms with E-state index in [0.29, 0.717) is 5.56 Å². The molecule has 2 aromatic rings. The van der Waals surface area contributed by atoms with Crippen molar-refractivity contribution in [3.05, 3.63) is 71.8 Å². The van der Waals surface area contributed by atoms with E-state index in [1.165, 1.54) is 12.1 Å². The Balaban J connectivity index is 2.13. The zero-order valence-electron chi connectivity index (χ0n) is 10.9. The van der Waals surface area contributed by atoms with Crippen molar-refractivity contribution in [2.75, 3.05) is 0 Å². The van der Waals surface area contributed by atoms with Gasteiger partial charge in [0, 0.05) is 5.56 Å². The van der Waals surface area contributed by atoms with Gasteiger partial charge in [-0.2, -0.15) is 0 Å². The molecule has 0 aliphatic heterocycles. The summed E-state index contributed by atoms with van der Waals surface area (Å²) in [7, 11) is 0. The van der Waals surface area contributed by atoms with Crippen molar-refractivity contribution in [2.45, 2.75) is 6.42 Å². The highest BCUT2D eigenvalue weighted by molar-refractivity contribution is 6.14. The molecule has 0 spiro atoms. The summed E-state index contributed by atoms with van der Waals surface area (Å²) in [4.78, 5) is 24.0. The molecule has 0 saturated carbocycles. The molecule has 1 N–H and O–H groups in total. The van der Waals surface area contributed by atoms with Gasteiger partial charge in [0.1, 0.15) is 5.75 Å². The van der Waals surface area contributed by atoms with Gasteiger partial charge >= 0.3 is 0 Å². The van der Waals surface area contributed by atoms with E-state index < -0.39 is 0 Å². The van der Waals surface area contributed by atoms with Crippen LogP contribution in [-0.4, -0.2) is 16.7 Å². The lowest BCUT2D eigenvalue weighted by Crippen LogP contribution is -2.08. The van der Waals surface area contributed by atoms with Gasteiger partial charge in [-0.15, -0.1) is 0 Å². The van der Waals surface area contributed by atoms with Crippen LogP contribution in [0.3, 0.4) is 0 Å². The highest BCUT2D eigenvalue weighted by atomic mass is 16.3. The van der Waals surface area contributed by atoms with Crippen LogP contribution in [-0.2, 0) is 0 Å². The van der Waals surface area contributed by atoms with Crippen molar-refractivity contribution in [2.24, 2.45) is 0 Å². The Kier molecular flexibility index (Phi) is 4.11. The zero-order valence-corrected chi connectivity index (χ0v) is 10.9. The maximum Gasteiger partial charge on any atom is 0.174 e. The summed E-state index contributed by atoms with van der Waals surface area (Å²) in [6, 6.07) is 13.1. The SMILES string of the molecule is C=Cc1ccc(C(=O)CC(=O)c2ccccc2O)cc1. The first-order chi connectivity index (χ1) is 9.61. The summed E-state index contributed by atoms with van der Waals surface area (Å²) in [5.74, 6) is -0.762. The third-order valence-corrected chi connectivity index (χ3v) is 2.99. The summed E-state index contributed by atoms with van der Waals surface area (Å²) < 4.78 is 0. The van der Waals surface area contributed by atoms with Gasteiger partial charge in [0.2, 0.25) is 0 Å². The molecule has 0 radical (unpaired) electrons. The number of ketones is 2. The largest absolute Gasteiger partial charge is 0.507 e. The number of benzene rings is 2. The average Bonchev–Trinajstić information content (AvgIpc) is 2.47. The minimum atomic E-state index is -0.388. The van der Waals surface area contributed by atoms with Crippen molar-refractivity contribution in [3.63, 3.8) is 0 Å². The van der Waals surface area contributed by atoms with Crippen LogP contribution in [0.25, 0.3) is 6.08 Å². The maximum absolute atomic E-state index is 12.0. The minimum Gasteiger partial charge on any atom is -0.507 e. The Bertz CT molecular complexity index is 654. The van der Waals surface area contributed by atoms with E-state index in [1.807, 2.05) is 0 Å². The molecule has 0 unspecified atom stereocenters. The first-order valence-corrected chi connectivity index (χ1v) is 6.18. The smallest absolute Gasteiger partial charge is 0.174 e. The number of carbonyl (C=O) groups is 2. The Hall–Kier alpha value is -2.68. The third-order valence-electron chi connectivity index (χ3n) is 2.99. The van der Waals surface area contributed by atoms with E-state index in [1.54, 1.807) is 42.5 Å². The number of rotatable bonds is 5. The van der Waals surface area contributed by atoms with Crippen molar-refractivity contribution in [3.8, 4) is 5.75 Å². The fourth-order valence-corrected chi connectivity index (χ4v) is 1.86. The van der Waals surface area contributed by atoms with Gasteiger partial charge in [-0.1, -0.05) is 49.1 Å². The summed E-state index contributed by atoms with van der Waals surface area (Å²) >= 11 is 0. The second-order valence-corrected chi connectivity index (χ2v) is 4.37. The van der Waals surface area contributed by atoms with Gasteiger partial charge in [-0.05, 0) is 17.7 Å². The van der Waals surface area contributed by atoms with Crippen LogP contribution < -0.4 is 0 Å². The summed E-state index contributed by atoms with van der Waals surface area (Å²) in [5.41, 5.74) is 1.55. The molecular weight excluding hydrogens is 252 g/mol. The molecule has 0 amide bonds. The quantitative estimate of drug-likeness (QED) is 0.665. The lowest BCUT2D eigenvalue weighted by Gasteiger charge is -2.04. The fourth-order valence-electron chi connectivity index (χ4n) is 1.86. The molecule has 2 rings (SSSR count). The predicted octanol–water partition coefficient (Wildman–Crippen LogP) is 3.49. The Morgan fingerprint density at radius 2 is 1.65 bits per heavy atom. The van der Waals surface area contributed by atoms with E-state index in [2.05, 4.69) is 6.58 Å². The van der Waals surface area contributed by atoms with Gasteiger partial charge in [0.15, 0.2) is 11.6 Å². The lowest BCUT2D eigenvalue weighted by atomic mass is 10.0. The first-order valence-electron chi connectivity index (χ1n) is 6.18. The van der Waals surface area contributed by atoms with Crippen LogP contribution in [0.4, 0.5) is 0 Å². The predicted molar refractivity (Wildman–Crippen MR) is 77.9 cm³/mol. The normalized spacial score (nSPS) is 10.0. The van der Waals surface area contributed by atoms with E-state index in [0.717, 1.165) is 5.56 Å². The topological polar surface area (TPSA) is 54.4 Å². The van der Waals surface area contributed by atoms with E-state index in [4.69, 9.17) is 0 Å². The van der Waals surface area contributed by atoms with Crippen molar-refractivity contribution < 1.29 is 14.7 Å². The van der Waals surface area contributed by atoms with E-state index in [9.17, 15) is 14.7 Å². The van der Waals surface area contributed by atoms with Gasteiger partial charge < -0.3 is 5.11 Å². The van der Waals surface area contributed by atoms with Crippen LogP contribution in [0.5, 0.6) is 5.75 Å². The summed E-state index contributed by atoms with van der Waals surface area (Å²) in [6.45, 7) is 3.64. The molecular formula is C17H14O3. The molecule has 0 fully saturated rings. The van der Waals surface area contributed by atoms with Gasteiger partial charge in [0.05, 0.1) is 12.0 Å². The molecule has 0 aliphatic rings. The van der Waals surface area contributed by atoms with Crippen molar-refractivity contribution in [1.82, 2.24) is 0 Å². The molecule has 0 aromatic heterocycles. The fraction of sp³-hybridized carbons (Fsp3) is 0.0588. The number of carbonyl (C=O) groups excluding carboxylic acids is 2. The van der Waals surface area contributed by atoms with Crippen LogP contribution in [0.15, 0.2) is 55.1 Å². The average molecular weight is 266 g/mol. The molecule has 0 aliphatic carbocycles. The summed E-state index contributed by atoms with van der Waals surface area (Å²) in [5, 5.41) is 9.59. The number of Topliss-reactive ketones (excluding diaryl/α,β-unsaturated/α-hetero) is 2. The standard InChI is InChI=1S/C17H14O3/c1-2-12-7-9-13(10-8-12)16(19)11-17(20)14-5-3-4-6-15(14)18/h2-10,18H,1,11H2. The van der Waals surface area contributed by atoms with Crippen LogP contribution in [0.2, 0.25) is 0 Å². The summed E-state index contributed by atoms with van der Waals surface area (Å²) in [6.07, 6.45) is 1.42. The molecule has 0 atom stereocenters. The third kappa shape index (κ3) is 3.01. The maximum atomic E-state index is 12.0. The Morgan fingerprint density at radius 1 is 1.00 bits per heavy atom. The van der Waals surface area contributed by atoms with Crippen LogP contribution in [0.1, 0.15) is 32.7 Å². The minimum absolute atomic E-state index is 0.104. The molecule has 3 nitrogen and oxygen atoms in total. The highest BCUT2D eigenvalue weighted by Gasteiger charge is 2.16. The molecule has 20 heavy (non-hydrogen) atoms. The number of para-hydroxylation sites is 1. The van der Waals surface area contributed by atoms with Gasteiger partial charge in [-0.25, -0.2) is 0 Å². The number of aromatic hydroxyl groups is 1. The van der Waals surface area contributed by atoms with E-state index in [-0.39, 0.29) is 29.3 Å². The molecule has 100 valence electrons. The number of hydrogen-bond donors (Lipinski definition) is 1. The second-order valence-electron chi connectivity index (χ2n) is 4.37. The monoisotopic (exact) mass is 266 g/mol. The van der Waals surface area contributed by atoms with Crippen molar-refractivity contribution in [1.29, 1.82) is 0 Å². The number of phenolic OH excluding ortho intramolecular Hbond substituents is 1. The Labute approximate surface area is 117 Å². The molecule has 3 heteroatoms. The van der Waals surface area contributed by atoms with Crippen LogP contribution in [0, 0.1) is 0 Å². The van der Waals surface area contributed by atoms with Gasteiger partial charge in [0.25, 0.3) is 0 Å². The highest BCUT2D eigenvalue weighted by Crippen LogP contribution is 2.18. The molecule has 0 saturated heterocycles. The second kappa shape index (κ2) is 5.97. The first kappa shape index (κ1) is 13.7. The lowest BCUT2D eigenvalue weighted by molar-refractivity contribution is 0.0893. The van der Waals surface area contributed by atoms with E-state index >= 15 is 0 Å². The Morgan fingerprint density at radius 3 is 2.25 bits per heavy atom. The number of hydrogen-bond acceptors (Lipinski definition) is 3.